The van der Waals surface area contributed by atoms with E-state index >= 15 is 0 Å². The highest BCUT2D eigenvalue weighted by Gasteiger charge is 2.04. The minimum atomic E-state index is -0.176. The number of thiazole rings is 1. The van der Waals surface area contributed by atoms with Gasteiger partial charge in [0.1, 0.15) is 5.03 Å². The molecule has 0 N–H and O–H groups in total. The Balaban J connectivity index is 1.68. The molecule has 0 radical (unpaired) electrons. The van der Waals surface area contributed by atoms with Gasteiger partial charge in [0.25, 0.3) is 5.91 Å². The molecule has 1 aromatic carbocycles. The Hall–Kier alpha value is -2.25. The van der Waals surface area contributed by atoms with Crippen molar-refractivity contribution in [3.8, 4) is 0 Å². The zero-order valence-corrected chi connectivity index (χ0v) is 13.8. The van der Waals surface area contributed by atoms with Gasteiger partial charge < -0.3 is 4.57 Å². The maximum Gasteiger partial charge on any atom is 0.258 e. The molecule has 3 aromatic rings. The number of hydrogen-bond acceptors (Lipinski definition) is 5. The molecule has 0 aliphatic rings. The SMILES string of the molecule is O=C(CSc1cnccn1)N=c1sccn1Cc1ccccc1. The first-order valence-electron chi connectivity index (χ1n) is 6.95. The molecule has 7 heteroatoms. The molecule has 0 bridgehead atoms. The van der Waals surface area contributed by atoms with Gasteiger partial charge in [0, 0.05) is 30.5 Å². The standard InChI is InChI=1S/C16H14N4OS2/c21-14(12-23-15-10-17-6-7-18-15)19-16-20(8-9-22-16)11-13-4-2-1-3-5-13/h1-10H,11-12H2. The van der Waals surface area contributed by atoms with E-state index in [9.17, 15) is 4.79 Å². The predicted octanol–water partition coefficient (Wildman–Crippen LogP) is 2.61. The van der Waals surface area contributed by atoms with Crippen LogP contribution in [-0.4, -0.2) is 26.2 Å². The van der Waals surface area contributed by atoms with Crippen LogP contribution in [0.4, 0.5) is 0 Å². The molecule has 0 fully saturated rings. The van der Waals surface area contributed by atoms with Gasteiger partial charge >= 0.3 is 0 Å². The zero-order chi connectivity index (χ0) is 15.9. The lowest BCUT2D eigenvalue weighted by molar-refractivity contribution is -0.115. The molecule has 0 saturated heterocycles. The lowest BCUT2D eigenvalue weighted by atomic mass is 10.2. The van der Waals surface area contributed by atoms with Gasteiger partial charge in [-0.2, -0.15) is 4.99 Å². The summed E-state index contributed by atoms with van der Waals surface area (Å²) in [6.45, 7) is 0.702. The largest absolute Gasteiger partial charge is 0.319 e. The molecule has 3 rings (SSSR count). The molecular weight excluding hydrogens is 328 g/mol. The third-order valence-electron chi connectivity index (χ3n) is 2.96. The molecule has 0 aliphatic heterocycles. The first-order chi connectivity index (χ1) is 11.3. The average molecular weight is 342 g/mol. The summed E-state index contributed by atoms with van der Waals surface area (Å²) in [5.74, 6) is 0.0759. The first kappa shape index (κ1) is 15.6. The number of hydrogen-bond donors (Lipinski definition) is 0. The van der Waals surface area contributed by atoms with Crippen molar-refractivity contribution >= 4 is 29.0 Å². The molecule has 23 heavy (non-hydrogen) atoms. The fourth-order valence-electron chi connectivity index (χ4n) is 1.92. The number of carbonyl (C=O) groups excluding carboxylic acids is 1. The minimum absolute atomic E-state index is 0.176. The summed E-state index contributed by atoms with van der Waals surface area (Å²) in [7, 11) is 0. The number of rotatable bonds is 5. The van der Waals surface area contributed by atoms with Crippen molar-refractivity contribution in [2.45, 2.75) is 11.6 Å². The van der Waals surface area contributed by atoms with Crippen molar-refractivity contribution < 1.29 is 4.79 Å². The van der Waals surface area contributed by atoms with Gasteiger partial charge in [-0.3, -0.25) is 9.78 Å². The fourth-order valence-corrected chi connectivity index (χ4v) is 3.27. The van der Waals surface area contributed by atoms with E-state index in [4.69, 9.17) is 0 Å². The highest BCUT2D eigenvalue weighted by molar-refractivity contribution is 7.99. The van der Waals surface area contributed by atoms with Crippen LogP contribution in [0.15, 0.2) is 70.5 Å². The van der Waals surface area contributed by atoms with E-state index in [0.717, 1.165) is 5.03 Å². The Morgan fingerprint density at radius 3 is 2.91 bits per heavy atom. The summed E-state index contributed by atoms with van der Waals surface area (Å²) < 4.78 is 1.98. The maximum absolute atomic E-state index is 12.0. The molecule has 1 amide bonds. The Bertz CT molecular complexity index is 828. The molecule has 2 aromatic heterocycles. The van der Waals surface area contributed by atoms with Crippen molar-refractivity contribution in [3.05, 3.63) is 70.9 Å². The van der Waals surface area contributed by atoms with Crippen LogP contribution in [0.5, 0.6) is 0 Å². The molecular formula is C16H14N4OS2. The molecule has 0 atom stereocenters. The van der Waals surface area contributed by atoms with Crippen LogP contribution in [0, 0.1) is 0 Å². The lowest BCUT2D eigenvalue weighted by Crippen LogP contribution is -2.17. The Morgan fingerprint density at radius 1 is 1.26 bits per heavy atom. The molecule has 2 heterocycles. The van der Waals surface area contributed by atoms with Crippen molar-refractivity contribution in [2.75, 3.05) is 5.75 Å². The van der Waals surface area contributed by atoms with E-state index in [-0.39, 0.29) is 11.7 Å². The van der Waals surface area contributed by atoms with Crippen LogP contribution >= 0.6 is 23.1 Å². The summed E-state index contributed by atoms with van der Waals surface area (Å²) in [4.78, 5) is 25.1. The second-order valence-electron chi connectivity index (χ2n) is 4.64. The maximum atomic E-state index is 12.0. The minimum Gasteiger partial charge on any atom is -0.319 e. The van der Waals surface area contributed by atoms with E-state index in [2.05, 4.69) is 27.1 Å². The Kier molecular flexibility index (Phi) is 5.33. The number of amides is 1. The van der Waals surface area contributed by atoms with Crippen molar-refractivity contribution in [2.24, 2.45) is 4.99 Å². The van der Waals surface area contributed by atoms with Crippen molar-refractivity contribution in [1.29, 1.82) is 0 Å². The fraction of sp³-hybridized carbons (Fsp3) is 0.125. The topological polar surface area (TPSA) is 60.1 Å². The Labute approximate surface area is 141 Å². The van der Waals surface area contributed by atoms with Gasteiger partial charge in [0.15, 0.2) is 4.80 Å². The quantitative estimate of drug-likeness (QED) is 0.669. The van der Waals surface area contributed by atoms with Crippen LogP contribution in [0.3, 0.4) is 0 Å². The predicted molar refractivity (Wildman–Crippen MR) is 91.2 cm³/mol. The molecule has 116 valence electrons. The highest BCUT2D eigenvalue weighted by Crippen LogP contribution is 2.12. The van der Waals surface area contributed by atoms with E-state index in [1.54, 1.807) is 18.6 Å². The van der Waals surface area contributed by atoms with Gasteiger partial charge in [-0.25, -0.2) is 4.98 Å². The summed E-state index contributed by atoms with van der Waals surface area (Å²) in [5.41, 5.74) is 1.17. The van der Waals surface area contributed by atoms with Gasteiger partial charge in [-0.1, -0.05) is 42.1 Å². The van der Waals surface area contributed by atoms with Gasteiger partial charge in [0.05, 0.1) is 11.9 Å². The monoisotopic (exact) mass is 342 g/mol. The number of aromatic nitrogens is 3. The van der Waals surface area contributed by atoms with Gasteiger partial charge in [0.2, 0.25) is 0 Å². The first-order valence-corrected chi connectivity index (χ1v) is 8.82. The van der Waals surface area contributed by atoms with Crippen LogP contribution in [0.1, 0.15) is 5.56 Å². The second-order valence-corrected chi connectivity index (χ2v) is 6.51. The van der Waals surface area contributed by atoms with Crippen molar-refractivity contribution in [3.63, 3.8) is 0 Å². The van der Waals surface area contributed by atoms with Crippen LogP contribution in [0.25, 0.3) is 0 Å². The number of carbonyl (C=O) groups is 1. The molecule has 5 nitrogen and oxygen atoms in total. The summed E-state index contributed by atoms with van der Waals surface area (Å²) >= 11 is 2.80. The second kappa shape index (κ2) is 7.85. The van der Waals surface area contributed by atoms with E-state index < -0.39 is 0 Å². The van der Waals surface area contributed by atoms with E-state index in [1.807, 2.05) is 34.3 Å². The molecule has 0 spiro atoms. The number of thioether (sulfide) groups is 1. The van der Waals surface area contributed by atoms with Gasteiger partial charge in [-0.05, 0) is 5.56 Å². The van der Waals surface area contributed by atoms with Crippen LogP contribution in [0.2, 0.25) is 0 Å². The summed E-state index contributed by atoms with van der Waals surface area (Å²) in [6, 6.07) is 10.1. The zero-order valence-electron chi connectivity index (χ0n) is 12.2. The number of benzene rings is 1. The smallest absolute Gasteiger partial charge is 0.258 e. The third-order valence-corrected chi connectivity index (χ3v) is 4.65. The molecule has 0 aliphatic carbocycles. The normalized spacial score (nSPS) is 11.6. The average Bonchev–Trinajstić information content (AvgIpc) is 3.02. The third kappa shape index (κ3) is 4.61. The van der Waals surface area contributed by atoms with Crippen molar-refractivity contribution in [1.82, 2.24) is 14.5 Å². The van der Waals surface area contributed by atoms with E-state index in [0.29, 0.717) is 11.3 Å². The summed E-state index contributed by atoms with van der Waals surface area (Å²) in [6.07, 6.45) is 6.80. The number of nitrogens with zero attached hydrogens (tertiary/aromatic N) is 4. The lowest BCUT2D eigenvalue weighted by Gasteiger charge is -2.02. The van der Waals surface area contributed by atoms with E-state index in [1.165, 1.54) is 28.7 Å². The molecule has 0 saturated carbocycles. The van der Waals surface area contributed by atoms with Crippen LogP contribution in [-0.2, 0) is 11.3 Å². The molecule has 0 unspecified atom stereocenters. The highest BCUT2D eigenvalue weighted by atomic mass is 32.2. The Morgan fingerprint density at radius 2 is 2.13 bits per heavy atom. The van der Waals surface area contributed by atoms with Crippen LogP contribution < -0.4 is 4.80 Å². The summed E-state index contributed by atoms with van der Waals surface area (Å²) in [5, 5.41) is 2.66. The van der Waals surface area contributed by atoms with Gasteiger partial charge in [-0.15, -0.1) is 11.3 Å².